The summed E-state index contributed by atoms with van der Waals surface area (Å²) in [6.45, 7) is 0.982. The summed E-state index contributed by atoms with van der Waals surface area (Å²) in [6.07, 6.45) is 0. The Kier molecular flexibility index (Phi) is 6.86. The highest BCUT2D eigenvalue weighted by atomic mass is 35.5. The minimum absolute atomic E-state index is 0. The van der Waals surface area contributed by atoms with Crippen LogP contribution in [-0.2, 0) is 14.4 Å². The van der Waals surface area contributed by atoms with E-state index in [1.165, 1.54) is 23.6 Å². The molecule has 126 valence electrons. The van der Waals surface area contributed by atoms with Crippen molar-refractivity contribution in [2.24, 2.45) is 0 Å². The van der Waals surface area contributed by atoms with Crippen molar-refractivity contribution in [3.05, 3.63) is 24.3 Å². The Labute approximate surface area is 143 Å². The number of thioether (sulfide) groups is 1. The molecule has 2 atom stereocenters. The topological polar surface area (TPSA) is 107 Å². The first-order chi connectivity index (χ1) is 10.4. The number of carbonyl (C=O) groups is 3. The highest BCUT2D eigenvalue weighted by Gasteiger charge is 2.33. The molecule has 0 bridgehead atoms. The van der Waals surface area contributed by atoms with Gasteiger partial charge in [0.2, 0.25) is 5.91 Å². The second kappa shape index (κ2) is 8.19. The van der Waals surface area contributed by atoms with Gasteiger partial charge in [-0.05, 0) is 19.1 Å². The summed E-state index contributed by atoms with van der Waals surface area (Å²) in [7, 11) is 0. The molecule has 2 rings (SSSR count). The van der Waals surface area contributed by atoms with Crippen LogP contribution in [0.2, 0.25) is 0 Å². The summed E-state index contributed by atoms with van der Waals surface area (Å²) in [6, 6.07) is 5.38. The van der Waals surface area contributed by atoms with E-state index in [-0.39, 0.29) is 12.4 Å². The van der Waals surface area contributed by atoms with Gasteiger partial charge in [0.05, 0.1) is 11.7 Å². The highest BCUT2D eigenvalue weighted by Crippen LogP contribution is 2.34. The van der Waals surface area contributed by atoms with Crippen molar-refractivity contribution >= 4 is 47.7 Å². The van der Waals surface area contributed by atoms with Crippen LogP contribution in [0.5, 0.6) is 0 Å². The number of anilines is 1. The molecule has 23 heavy (non-hydrogen) atoms. The van der Waals surface area contributed by atoms with Gasteiger partial charge < -0.3 is 10.2 Å². The zero-order valence-corrected chi connectivity index (χ0v) is 13.9. The van der Waals surface area contributed by atoms with E-state index in [1.807, 2.05) is 12.1 Å². The number of aliphatic carboxylic acids is 2. The minimum Gasteiger partial charge on any atom is -0.480 e. The molecule has 0 aromatic heterocycles. The lowest BCUT2D eigenvalue weighted by Gasteiger charge is -2.25. The number of hydrogen-bond acceptors (Lipinski definition) is 5. The van der Waals surface area contributed by atoms with Gasteiger partial charge in [-0.15, -0.1) is 24.2 Å². The molecule has 1 aliphatic heterocycles. The third-order valence-electron chi connectivity index (χ3n) is 3.24. The van der Waals surface area contributed by atoms with E-state index in [1.54, 1.807) is 12.1 Å². The summed E-state index contributed by atoms with van der Waals surface area (Å²) >= 11 is 1.40. The number of nitrogens with one attached hydrogen (secondary N) is 1. The van der Waals surface area contributed by atoms with Gasteiger partial charge in [-0.2, -0.15) is 0 Å². The Hall–Kier alpha value is -1.77. The molecular weight excluding hydrogens is 344 g/mol. The van der Waals surface area contributed by atoms with Gasteiger partial charge in [0.25, 0.3) is 0 Å². The van der Waals surface area contributed by atoms with Crippen LogP contribution in [-0.4, -0.2) is 52.4 Å². The molecule has 3 N–H and O–H groups in total. The first kappa shape index (κ1) is 19.3. The highest BCUT2D eigenvalue weighted by molar-refractivity contribution is 7.99. The SMILES string of the molecule is CC(NC1CSc2ccccc2N(CC(=O)O)C1=O)C(=O)O.Cl. The van der Waals surface area contributed by atoms with E-state index in [9.17, 15) is 14.4 Å². The summed E-state index contributed by atoms with van der Waals surface area (Å²) in [5.74, 6) is -2.29. The Bertz CT molecular complexity index is 613. The summed E-state index contributed by atoms with van der Waals surface area (Å²) in [5.41, 5.74) is 0.534. The molecule has 0 radical (unpaired) electrons. The van der Waals surface area contributed by atoms with Gasteiger partial charge in [-0.3, -0.25) is 24.6 Å². The molecule has 1 aromatic carbocycles. The second-order valence-corrected chi connectivity index (χ2v) is 5.94. The maximum absolute atomic E-state index is 12.6. The van der Waals surface area contributed by atoms with Crippen molar-refractivity contribution in [3.8, 4) is 0 Å². The van der Waals surface area contributed by atoms with Crippen LogP contribution in [0.4, 0.5) is 5.69 Å². The lowest BCUT2D eigenvalue weighted by Crippen LogP contribution is -2.52. The smallest absolute Gasteiger partial charge is 0.323 e. The van der Waals surface area contributed by atoms with Gasteiger partial charge in [0.15, 0.2) is 0 Å². The first-order valence-electron chi connectivity index (χ1n) is 6.64. The van der Waals surface area contributed by atoms with Crippen molar-refractivity contribution in [1.82, 2.24) is 5.32 Å². The number of halogens is 1. The quantitative estimate of drug-likeness (QED) is 0.720. The normalized spacial score (nSPS) is 18.4. The van der Waals surface area contributed by atoms with Crippen LogP contribution >= 0.6 is 24.2 Å². The molecule has 7 nitrogen and oxygen atoms in total. The Morgan fingerprint density at radius 3 is 2.65 bits per heavy atom. The fourth-order valence-electron chi connectivity index (χ4n) is 2.14. The third kappa shape index (κ3) is 4.60. The van der Waals surface area contributed by atoms with E-state index >= 15 is 0 Å². The zero-order valence-electron chi connectivity index (χ0n) is 12.3. The predicted molar refractivity (Wildman–Crippen MR) is 88.4 cm³/mol. The van der Waals surface area contributed by atoms with Crippen LogP contribution in [0, 0.1) is 0 Å². The van der Waals surface area contributed by atoms with E-state index < -0.39 is 36.5 Å². The fourth-order valence-corrected chi connectivity index (χ4v) is 3.23. The molecule has 0 saturated heterocycles. The second-order valence-electron chi connectivity index (χ2n) is 4.88. The fraction of sp³-hybridized carbons (Fsp3) is 0.357. The van der Waals surface area contributed by atoms with Crippen LogP contribution in [0.15, 0.2) is 29.2 Å². The molecule has 0 saturated carbocycles. The average molecular weight is 361 g/mol. The van der Waals surface area contributed by atoms with E-state index in [0.717, 1.165) is 4.90 Å². The predicted octanol–water partition coefficient (Wildman–Crippen LogP) is 1.06. The Morgan fingerprint density at radius 2 is 2.04 bits per heavy atom. The van der Waals surface area contributed by atoms with Gasteiger partial charge in [0.1, 0.15) is 12.6 Å². The van der Waals surface area contributed by atoms with Gasteiger partial charge in [-0.25, -0.2) is 0 Å². The number of amides is 1. The molecule has 0 aliphatic carbocycles. The molecule has 1 aromatic rings. The molecule has 9 heteroatoms. The zero-order chi connectivity index (χ0) is 16.3. The molecule has 2 unspecified atom stereocenters. The van der Waals surface area contributed by atoms with Crippen molar-refractivity contribution in [1.29, 1.82) is 0 Å². The number of fused-ring (bicyclic) bond motifs is 1. The average Bonchev–Trinajstić information content (AvgIpc) is 2.59. The minimum atomic E-state index is -1.12. The third-order valence-corrected chi connectivity index (χ3v) is 4.40. The van der Waals surface area contributed by atoms with Gasteiger partial charge >= 0.3 is 11.9 Å². The number of hydrogen-bond donors (Lipinski definition) is 3. The lowest BCUT2D eigenvalue weighted by atomic mass is 10.2. The van der Waals surface area contributed by atoms with Crippen molar-refractivity contribution in [2.75, 3.05) is 17.2 Å². The Balaban J connectivity index is 0.00000264. The standard InChI is InChI=1S/C14H16N2O5S.ClH/c1-8(14(20)21)15-9-7-22-11-5-3-2-4-10(11)16(13(9)19)6-12(17)18;/h2-5,8-9,15H,6-7H2,1H3,(H,17,18)(H,20,21);1H. The lowest BCUT2D eigenvalue weighted by molar-refractivity contribution is -0.140. The van der Waals surface area contributed by atoms with Gasteiger partial charge in [-0.1, -0.05) is 12.1 Å². The van der Waals surface area contributed by atoms with Crippen molar-refractivity contribution in [3.63, 3.8) is 0 Å². The summed E-state index contributed by atoms with van der Waals surface area (Å²) < 4.78 is 0. The van der Waals surface area contributed by atoms with Crippen LogP contribution in [0.25, 0.3) is 0 Å². The summed E-state index contributed by atoms with van der Waals surface area (Å²) in [4.78, 5) is 36.6. The maximum Gasteiger partial charge on any atom is 0.323 e. The number of carboxylic acids is 2. The summed E-state index contributed by atoms with van der Waals surface area (Å²) in [5, 5.41) is 20.7. The van der Waals surface area contributed by atoms with E-state index in [0.29, 0.717) is 11.4 Å². The number of carboxylic acid groups (broad SMARTS) is 2. The maximum atomic E-state index is 12.6. The van der Waals surface area contributed by atoms with E-state index in [4.69, 9.17) is 10.2 Å². The van der Waals surface area contributed by atoms with Crippen molar-refractivity contribution < 1.29 is 24.6 Å². The van der Waals surface area contributed by atoms with Gasteiger partial charge in [0, 0.05) is 10.6 Å². The molecule has 1 amide bonds. The number of para-hydroxylation sites is 1. The molecule has 0 spiro atoms. The number of nitrogens with zero attached hydrogens (tertiary/aromatic N) is 1. The van der Waals surface area contributed by atoms with E-state index in [2.05, 4.69) is 5.32 Å². The van der Waals surface area contributed by atoms with Crippen molar-refractivity contribution in [2.45, 2.75) is 23.9 Å². The Morgan fingerprint density at radius 1 is 1.39 bits per heavy atom. The number of benzene rings is 1. The first-order valence-corrected chi connectivity index (χ1v) is 7.62. The van der Waals surface area contributed by atoms with Crippen LogP contribution in [0.3, 0.4) is 0 Å². The monoisotopic (exact) mass is 360 g/mol. The van der Waals surface area contributed by atoms with Crippen LogP contribution < -0.4 is 10.2 Å². The molecule has 1 aliphatic rings. The molecular formula is C14H17ClN2O5S. The largest absolute Gasteiger partial charge is 0.480 e. The van der Waals surface area contributed by atoms with Crippen LogP contribution in [0.1, 0.15) is 6.92 Å². The number of rotatable bonds is 5. The number of carbonyl (C=O) groups excluding carboxylic acids is 1. The molecule has 1 heterocycles. The molecule has 0 fully saturated rings.